The molecule has 3 N–H and O–H groups in total. The Hall–Kier alpha value is -0.610. The van der Waals surface area contributed by atoms with Crippen molar-refractivity contribution in [2.45, 2.75) is 58.7 Å². The van der Waals surface area contributed by atoms with Crippen molar-refractivity contribution in [1.29, 1.82) is 0 Å². The lowest BCUT2D eigenvalue weighted by atomic mass is 10.0. The van der Waals surface area contributed by atoms with Crippen LogP contribution in [-0.4, -0.2) is 42.0 Å². The summed E-state index contributed by atoms with van der Waals surface area (Å²) >= 11 is 0. The van der Waals surface area contributed by atoms with Crippen LogP contribution >= 0.6 is 0 Å². The third kappa shape index (κ3) is 4.49. The first-order valence-corrected chi connectivity index (χ1v) is 5.99. The van der Waals surface area contributed by atoms with Gasteiger partial charge in [-0.05, 0) is 41.2 Å². The van der Waals surface area contributed by atoms with Gasteiger partial charge in [0.15, 0.2) is 0 Å². The molecule has 96 valence electrons. The lowest BCUT2D eigenvalue weighted by Gasteiger charge is -2.32. The van der Waals surface area contributed by atoms with Gasteiger partial charge in [-0.1, -0.05) is 6.92 Å². The van der Waals surface area contributed by atoms with E-state index in [1.807, 2.05) is 39.6 Å². The lowest BCUT2D eigenvalue weighted by Crippen LogP contribution is -2.53. The Kier molecular flexibility index (Phi) is 5.97. The first-order valence-electron chi connectivity index (χ1n) is 5.99. The minimum Gasteiger partial charge on any atom is -0.350 e. The smallest absolute Gasteiger partial charge is 0.237 e. The summed E-state index contributed by atoms with van der Waals surface area (Å²) in [5, 5.41) is 3.04. The summed E-state index contributed by atoms with van der Waals surface area (Å²) in [6.45, 7) is 10.6. The fourth-order valence-corrected chi connectivity index (χ4v) is 1.26. The number of nitrogens with zero attached hydrogens (tertiary/aromatic N) is 1. The summed E-state index contributed by atoms with van der Waals surface area (Å²) in [5.74, 6) is 0.0645. The molecule has 0 aliphatic rings. The van der Waals surface area contributed by atoms with Gasteiger partial charge >= 0.3 is 0 Å². The second kappa shape index (κ2) is 6.21. The SMILES string of the molecule is CCC(C)(C)NC(=O)C(C)N(C)C(C)CN. The predicted molar refractivity (Wildman–Crippen MR) is 68.3 cm³/mol. The molecule has 0 heterocycles. The van der Waals surface area contributed by atoms with Crippen molar-refractivity contribution in [3.8, 4) is 0 Å². The van der Waals surface area contributed by atoms with Crippen LogP contribution < -0.4 is 11.1 Å². The number of rotatable bonds is 6. The minimum absolute atomic E-state index is 0.0645. The average Bonchev–Trinajstić information content (AvgIpc) is 2.25. The van der Waals surface area contributed by atoms with Crippen LogP contribution in [0.25, 0.3) is 0 Å². The van der Waals surface area contributed by atoms with Gasteiger partial charge in [0.2, 0.25) is 5.91 Å². The summed E-state index contributed by atoms with van der Waals surface area (Å²) in [5.41, 5.74) is 5.45. The Labute approximate surface area is 99.6 Å². The number of hydrogen-bond donors (Lipinski definition) is 2. The van der Waals surface area contributed by atoms with Crippen LogP contribution in [-0.2, 0) is 4.79 Å². The first kappa shape index (κ1) is 15.4. The molecule has 16 heavy (non-hydrogen) atoms. The summed E-state index contributed by atoms with van der Waals surface area (Å²) in [6, 6.07) is 0.0647. The molecule has 0 rings (SSSR count). The zero-order valence-electron chi connectivity index (χ0n) is 11.5. The molecule has 1 amide bonds. The molecule has 0 aliphatic heterocycles. The molecule has 0 spiro atoms. The highest BCUT2D eigenvalue weighted by molar-refractivity contribution is 5.82. The number of carbonyl (C=O) groups is 1. The molecular weight excluding hydrogens is 202 g/mol. The van der Waals surface area contributed by atoms with Gasteiger partial charge < -0.3 is 11.1 Å². The van der Waals surface area contributed by atoms with Gasteiger partial charge in [0.25, 0.3) is 0 Å². The first-order chi connectivity index (χ1) is 7.25. The van der Waals surface area contributed by atoms with E-state index in [1.165, 1.54) is 0 Å². The largest absolute Gasteiger partial charge is 0.350 e. The van der Waals surface area contributed by atoms with Gasteiger partial charge in [0.1, 0.15) is 0 Å². The number of hydrogen-bond acceptors (Lipinski definition) is 3. The van der Waals surface area contributed by atoms with E-state index in [4.69, 9.17) is 5.73 Å². The van der Waals surface area contributed by atoms with Gasteiger partial charge in [0.05, 0.1) is 6.04 Å². The zero-order chi connectivity index (χ0) is 12.9. The molecule has 0 aromatic carbocycles. The van der Waals surface area contributed by atoms with E-state index in [2.05, 4.69) is 12.2 Å². The minimum atomic E-state index is -0.149. The number of nitrogens with two attached hydrogens (primary N) is 1. The Morgan fingerprint density at radius 3 is 2.31 bits per heavy atom. The van der Waals surface area contributed by atoms with E-state index >= 15 is 0 Å². The fraction of sp³-hybridized carbons (Fsp3) is 0.917. The van der Waals surface area contributed by atoms with E-state index < -0.39 is 0 Å². The molecule has 0 saturated carbocycles. The third-order valence-electron chi connectivity index (χ3n) is 3.37. The maximum absolute atomic E-state index is 12.0. The second-order valence-electron chi connectivity index (χ2n) is 5.15. The molecule has 0 saturated heterocycles. The summed E-state index contributed by atoms with van der Waals surface area (Å²) in [4.78, 5) is 14.0. The Morgan fingerprint density at radius 1 is 1.44 bits per heavy atom. The Morgan fingerprint density at radius 2 is 1.94 bits per heavy atom. The third-order valence-corrected chi connectivity index (χ3v) is 3.37. The zero-order valence-corrected chi connectivity index (χ0v) is 11.5. The summed E-state index contributed by atoms with van der Waals surface area (Å²) in [6.07, 6.45) is 0.918. The van der Waals surface area contributed by atoms with Crippen molar-refractivity contribution in [3.05, 3.63) is 0 Å². The number of amides is 1. The molecule has 0 aromatic heterocycles. The number of likely N-dealkylation sites (N-methyl/N-ethyl adjacent to an activating group) is 1. The highest BCUT2D eigenvalue weighted by Crippen LogP contribution is 2.09. The van der Waals surface area contributed by atoms with Crippen molar-refractivity contribution >= 4 is 5.91 Å². The monoisotopic (exact) mass is 229 g/mol. The molecule has 0 aromatic rings. The van der Waals surface area contributed by atoms with Crippen LogP contribution in [0.4, 0.5) is 0 Å². The lowest BCUT2D eigenvalue weighted by molar-refractivity contribution is -0.127. The highest BCUT2D eigenvalue weighted by atomic mass is 16.2. The second-order valence-corrected chi connectivity index (χ2v) is 5.15. The number of carbonyl (C=O) groups excluding carboxylic acids is 1. The Balaban J connectivity index is 4.39. The van der Waals surface area contributed by atoms with E-state index in [-0.39, 0.29) is 23.5 Å². The quantitative estimate of drug-likeness (QED) is 0.713. The fourth-order valence-electron chi connectivity index (χ4n) is 1.26. The topological polar surface area (TPSA) is 58.4 Å². The molecule has 4 heteroatoms. The van der Waals surface area contributed by atoms with Crippen molar-refractivity contribution in [2.75, 3.05) is 13.6 Å². The molecular formula is C12H27N3O. The average molecular weight is 229 g/mol. The molecule has 0 aliphatic carbocycles. The van der Waals surface area contributed by atoms with Crippen molar-refractivity contribution < 1.29 is 4.79 Å². The van der Waals surface area contributed by atoms with Gasteiger partial charge in [0, 0.05) is 18.1 Å². The Bertz CT molecular complexity index is 228. The van der Waals surface area contributed by atoms with Gasteiger partial charge in [-0.25, -0.2) is 0 Å². The normalized spacial score (nSPS) is 16.0. The van der Waals surface area contributed by atoms with Crippen LogP contribution in [0.1, 0.15) is 41.0 Å². The van der Waals surface area contributed by atoms with Crippen LogP contribution in [0.5, 0.6) is 0 Å². The molecule has 4 nitrogen and oxygen atoms in total. The van der Waals surface area contributed by atoms with E-state index in [0.717, 1.165) is 6.42 Å². The highest BCUT2D eigenvalue weighted by Gasteiger charge is 2.25. The summed E-state index contributed by atoms with van der Waals surface area (Å²) in [7, 11) is 1.93. The van der Waals surface area contributed by atoms with E-state index in [1.54, 1.807) is 0 Å². The molecule has 0 fully saturated rings. The van der Waals surface area contributed by atoms with Gasteiger partial charge in [-0.2, -0.15) is 0 Å². The number of nitrogens with one attached hydrogen (secondary N) is 1. The van der Waals surface area contributed by atoms with E-state index in [9.17, 15) is 4.79 Å². The van der Waals surface area contributed by atoms with Crippen LogP contribution in [0, 0.1) is 0 Å². The molecule has 0 radical (unpaired) electrons. The van der Waals surface area contributed by atoms with E-state index in [0.29, 0.717) is 6.54 Å². The van der Waals surface area contributed by atoms with Crippen LogP contribution in [0.3, 0.4) is 0 Å². The molecule has 2 unspecified atom stereocenters. The van der Waals surface area contributed by atoms with Crippen molar-refractivity contribution in [3.63, 3.8) is 0 Å². The van der Waals surface area contributed by atoms with Gasteiger partial charge in [-0.15, -0.1) is 0 Å². The van der Waals surface area contributed by atoms with Gasteiger partial charge in [-0.3, -0.25) is 9.69 Å². The maximum atomic E-state index is 12.0. The van der Waals surface area contributed by atoms with Crippen LogP contribution in [0.15, 0.2) is 0 Å². The van der Waals surface area contributed by atoms with Crippen molar-refractivity contribution in [2.24, 2.45) is 5.73 Å². The maximum Gasteiger partial charge on any atom is 0.237 e. The molecule has 2 atom stereocenters. The standard InChI is InChI=1S/C12H27N3O/c1-7-12(4,5)14-11(16)10(3)15(6)9(2)8-13/h9-10H,7-8,13H2,1-6H3,(H,14,16). The summed E-state index contributed by atoms with van der Waals surface area (Å²) < 4.78 is 0. The van der Waals surface area contributed by atoms with Crippen LogP contribution in [0.2, 0.25) is 0 Å². The molecule has 0 bridgehead atoms. The predicted octanol–water partition coefficient (Wildman–Crippen LogP) is 0.959. The van der Waals surface area contributed by atoms with Crippen molar-refractivity contribution in [1.82, 2.24) is 10.2 Å².